The molecule has 1 fully saturated rings. The third-order valence-corrected chi connectivity index (χ3v) is 5.81. The van der Waals surface area contributed by atoms with E-state index in [1.54, 1.807) is 19.2 Å². The maximum atomic E-state index is 12.6. The molecule has 1 aliphatic heterocycles. The first-order valence-corrected chi connectivity index (χ1v) is 8.27. The minimum atomic E-state index is -3.55. The van der Waals surface area contributed by atoms with Crippen LogP contribution in [0.2, 0.25) is 0 Å². The third-order valence-electron chi connectivity index (χ3n) is 3.33. The summed E-state index contributed by atoms with van der Waals surface area (Å²) in [5, 5.41) is 0. The Morgan fingerprint density at radius 1 is 1.37 bits per heavy atom. The zero-order valence-corrected chi connectivity index (χ0v) is 13.1. The lowest BCUT2D eigenvalue weighted by Crippen LogP contribution is -2.40. The largest absolute Gasteiger partial charge is 0.398 e. The average Bonchev–Trinajstić information content (AvgIpc) is 2.38. The fraction of sp³-hybridized carbons (Fsp3) is 0.500. The van der Waals surface area contributed by atoms with Gasteiger partial charge in [0.05, 0.1) is 5.69 Å². The molecule has 0 aromatic heterocycles. The van der Waals surface area contributed by atoms with E-state index in [9.17, 15) is 8.42 Å². The number of hydrogen-bond donors (Lipinski definition) is 1. The van der Waals surface area contributed by atoms with Gasteiger partial charge in [0.2, 0.25) is 10.0 Å². The van der Waals surface area contributed by atoms with Gasteiger partial charge >= 0.3 is 0 Å². The Morgan fingerprint density at radius 2 is 2.00 bits per heavy atom. The Morgan fingerprint density at radius 3 is 2.58 bits per heavy atom. The zero-order chi connectivity index (χ0) is 14.0. The highest BCUT2D eigenvalue weighted by molar-refractivity contribution is 9.10. The van der Waals surface area contributed by atoms with Crippen molar-refractivity contribution in [3.05, 3.63) is 22.7 Å². The van der Waals surface area contributed by atoms with E-state index in [1.165, 1.54) is 10.4 Å². The van der Waals surface area contributed by atoms with Crippen LogP contribution in [0.3, 0.4) is 0 Å². The molecule has 7 heteroatoms. The van der Waals surface area contributed by atoms with Crippen LogP contribution in [-0.4, -0.2) is 39.0 Å². The Balaban J connectivity index is 2.30. The van der Waals surface area contributed by atoms with Gasteiger partial charge in [0.1, 0.15) is 4.90 Å². The van der Waals surface area contributed by atoms with Gasteiger partial charge in [-0.1, -0.05) is 15.9 Å². The van der Waals surface area contributed by atoms with Gasteiger partial charge in [0.25, 0.3) is 0 Å². The maximum Gasteiger partial charge on any atom is 0.245 e. The van der Waals surface area contributed by atoms with E-state index < -0.39 is 10.0 Å². The molecular weight excluding hydrogens is 332 g/mol. The van der Waals surface area contributed by atoms with Crippen LogP contribution in [0, 0.1) is 0 Å². The lowest BCUT2D eigenvalue weighted by atomic mass is 10.1. The predicted octanol–water partition coefficient (Wildman–Crippen LogP) is 1.83. The number of nitrogen functional groups attached to an aromatic ring is 1. The van der Waals surface area contributed by atoms with Crippen molar-refractivity contribution < 1.29 is 13.2 Å². The van der Waals surface area contributed by atoms with Gasteiger partial charge < -0.3 is 10.5 Å². The molecular formula is C12H17BrN2O3S. The number of ether oxygens (including phenoxy) is 1. The lowest BCUT2D eigenvalue weighted by Gasteiger charge is -2.30. The molecule has 0 bridgehead atoms. The summed E-state index contributed by atoms with van der Waals surface area (Å²) < 4.78 is 32.5. The number of sulfonamides is 1. The second-order valence-electron chi connectivity index (χ2n) is 4.55. The molecule has 0 radical (unpaired) electrons. The van der Waals surface area contributed by atoms with E-state index in [0.717, 1.165) is 4.47 Å². The highest BCUT2D eigenvalue weighted by Crippen LogP contribution is 2.27. The van der Waals surface area contributed by atoms with Gasteiger partial charge in [0, 0.05) is 30.8 Å². The van der Waals surface area contributed by atoms with Gasteiger partial charge in [-0.2, -0.15) is 4.31 Å². The number of nitrogens with zero attached hydrogens (tertiary/aromatic N) is 1. The summed E-state index contributed by atoms with van der Waals surface area (Å²) in [5.74, 6) is 0. The number of anilines is 1. The van der Waals surface area contributed by atoms with Crippen molar-refractivity contribution >= 4 is 31.6 Å². The number of hydrogen-bond acceptors (Lipinski definition) is 4. The molecule has 0 aliphatic carbocycles. The van der Waals surface area contributed by atoms with Crippen molar-refractivity contribution in [1.82, 2.24) is 4.31 Å². The molecule has 0 amide bonds. The van der Waals surface area contributed by atoms with E-state index in [4.69, 9.17) is 10.5 Å². The Hall–Kier alpha value is -0.630. The summed E-state index contributed by atoms with van der Waals surface area (Å²) in [6, 6.07) is 4.79. The van der Waals surface area contributed by atoms with Crippen LogP contribution in [0.15, 0.2) is 27.6 Å². The first-order chi connectivity index (χ1) is 8.93. The van der Waals surface area contributed by atoms with E-state index in [1.807, 2.05) is 0 Å². The zero-order valence-electron chi connectivity index (χ0n) is 10.7. The van der Waals surface area contributed by atoms with Crippen molar-refractivity contribution in [3.63, 3.8) is 0 Å². The molecule has 2 N–H and O–H groups in total. The summed E-state index contributed by atoms with van der Waals surface area (Å²) in [7, 11) is -1.95. The molecule has 5 nitrogen and oxygen atoms in total. The first kappa shape index (κ1) is 14.8. The highest BCUT2D eigenvalue weighted by atomic mass is 79.9. The molecule has 1 saturated heterocycles. The molecule has 106 valence electrons. The van der Waals surface area contributed by atoms with Gasteiger partial charge in [-0.25, -0.2) is 8.42 Å². The summed E-state index contributed by atoms with van der Waals surface area (Å²) >= 11 is 3.27. The standard InChI is InChI=1S/C12H17BrN2O3S/c1-15(10-4-6-18-7-5-10)19(16,17)12-3-2-9(13)8-11(12)14/h2-3,8,10H,4-7,14H2,1H3. The van der Waals surface area contributed by atoms with E-state index in [-0.39, 0.29) is 16.6 Å². The molecule has 0 saturated carbocycles. The van der Waals surface area contributed by atoms with Gasteiger partial charge in [-0.05, 0) is 31.0 Å². The maximum absolute atomic E-state index is 12.6. The molecule has 1 aliphatic rings. The Labute approximate surface area is 121 Å². The highest BCUT2D eigenvalue weighted by Gasteiger charge is 2.30. The van der Waals surface area contributed by atoms with Gasteiger partial charge in [0.15, 0.2) is 0 Å². The van der Waals surface area contributed by atoms with Crippen LogP contribution in [0.1, 0.15) is 12.8 Å². The number of nitrogens with two attached hydrogens (primary N) is 1. The molecule has 19 heavy (non-hydrogen) atoms. The second kappa shape index (κ2) is 5.78. The fourth-order valence-electron chi connectivity index (χ4n) is 2.15. The smallest absolute Gasteiger partial charge is 0.245 e. The van der Waals surface area contributed by atoms with E-state index >= 15 is 0 Å². The third kappa shape index (κ3) is 3.10. The minimum absolute atomic E-state index is 0.0261. The molecule has 1 aromatic rings. The molecule has 0 atom stereocenters. The average molecular weight is 349 g/mol. The topological polar surface area (TPSA) is 72.6 Å². The van der Waals surface area contributed by atoms with Gasteiger partial charge in [-0.3, -0.25) is 0 Å². The Kier molecular flexibility index (Phi) is 4.50. The summed E-state index contributed by atoms with van der Waals surface area (Å²) in [4.78, 5) is 0.157. The van der Waals surface area contributed by atoms with Crippen molar-refractivity contribution in [2.45, 2.75) is 23.8 Å². The van der Waals surface area contributed by atoms with E-state index in [0.29, 0.717) is 26.1 Å². The van der Waals surface area contributed by atoms with Crippen LogP contribution in [-0.2, 0) is 14.8 Å². The first-order valence-electron chi connectivity index (χ1n) is 6.03. The molecule has 1 aromatic carbocycles. The SMILES string of the molecule is CN(C1CCOCC1)S(=O)(=O)c1ccc(Br)cc1N. The van der Waals surface area contributed by atoms with E-state index in [2.05, 4.69) is 15.9 Å². The lowest BCUT2D eigenvalue weighted by molar-refractivity contribution is 0.0632. The molecule has 2 rings (SSSR count). The number of rotatable bonds is 3. The summed E-state index contributed by atoms with van der Waals surface area (Å²) in [6.07, 6.45) is 1.43. The van der Waals surface area contributed by atoms with Crippen LogP contribution in [0.25, 0.3) is 0 Å². The van der Waals surface area contributed by atoms with Crippen molar-refractivity contribution in [2.24, 2.45) is 0 Å². The normalized spacial score (nSPS) is 17.8. The van der Waals surface area contributed by atoms with Crippen molar-refractivity contribution in [1.29, 1.82) is 0 Å². The van der Waals surface area contributed by atoms with Crippen LogP contribution in [0.4, 0.5) is 5.69 Å². The van der Waals surface area contributed by atoms with Crippen molar-refractivity contribution in [2.75, 3.05) is 26.0 Å². The molecule has 0 unspecified atom stereocenters. The van der Waals surface area contributed by atoms with Crippen LogP contribution >= 0.6 is 15.9 Å². The predicted molar refractivity (Wildman–Crippen MR) is 77.3 cm³/mol. The van der Waals surface area contributed by atoms with Crippen LogP contribution in [0.5, 0.6) is 0 Å². The Bertz CT molecular complexity index is 556. The minimum Gasteiger partial charge on any atom is -0.398 e. The monoisotopic (exact) mass is 348 g/mol. The fourth-order valence-corrected chi connectivity index (χ4v) is 4.04. The van der Waals surface area contributed by atoms with Crippen LogP contribution < -0.4 is 5.73 Å². The summed E-state index contributed by atoms with van der Waals surface area (Å²) in [5.41, 5.74) is 6.07. The molecule has 1 heterocycles. The summed E-state index contributed by atoms with van der Waals surface area (Å²) in [6.45, 7) is 1.20. The number of benzene rings is 1. The second-order valence-corrected chi connectivity index (χ2v) is 7.43. The quantitative estimate of drug-likeness (QED) is 0.845. The van der Waals surface area contributed by atoms with Gasteiger partial charge in [-0.15, -0.1) is 0 Å². The van der Waals surface area contributed by atoms with Crippen molar-refractivity contribution in [3.8, 4) is 0 Å². The molecule has 0 spiro atoms. The number of halogens is 1.